The van der Waals surface area contributed by atoms with Crippen LogP contribution >= 0.6 is 0 Å². The normalized spacial score (nSPS) is 14.3. The predicted molar refractivity (Wildman–Crippen MR) is 91.7 cm³/mol. The van der Waals surface area contributed by atoms with Gasteiger partial charge in [-0.2, -0.15) is 0 Å². The van der Waals surface area contributed by atoms with Gasteiger partial charge in [0.05, 0.1) is 5.41 Å². The number of unbranched alkanes of at least 4 members (excludes halogenated alkanes) is 8. The highest BCUT2D eigenvalue weighted by molar-refractivity contribution is 5.74. The molecular weight excluding hydrogens is 260 g/mol. The number of hydrogen-bond donors (Lipinski definition) is 1. The van der Waals surface area contributed by atoms with Crippen molar-refractivity contribution >= 4 is 5.97 Å². The Morgan fingerprint density at radius 1 is 0.810 bits per heavy atom. The summed E-state index contributed by atoms with van der Waals surface area (Å²) in [6.07, 6.45) is 13.8. The Morgan fingerprint density at radius 3 is 1.57 bits per heavy atom. The van der Waals surface area contributed by atoms with Gasteiger partial charge in [-0.25, -0.2) is 0 Å². The third-order valence-electron chi connectivity index (χ3n) is 4.98. The van der Waals surface area contributed by atoms with E-state index < -0.39 is 11.4 Å². The predicted octanol–water partition coefficient (Wildman–Crippen LogP) is 6.43. The molecule has 0 saturated heterocycles. The summed E-state index contributed by atoms with van der Waals surface area (Å²) in [6.45, 7) is 8.60. The highest BCUT2D eigenvalue weighted by atomic mass is 16.4. The van der Waals surface area contributed by atoms with Crippen LogP contribution in [0.3, 0.4) is 0 Å². The lowest BCUT2D eigenvalue weighted by atomic mass is 9.70. The molecule has 0 radical (unpaired) electrons. The number of rotatable bonds is 14. The van der Waals surface area contributed by atoms with Crippen LogP contribution in [0.2, 0.25) is 0 Å². The molecule has 0 aliphatic rings. The molecule has 0 amide bonds. The van der Waals surface area contributed by atoms with Crippen LogP contribution in [0.25, 0.3) is 0 Å². The Hall–Kier alpha value is -0.530. The van der Waals surface area contributed by atoms with Crippen LogP contribution in [0.5, 0.6) is 0 Å². The second kappa shape index (κ2) is 12.1. The zero-order chi connectivity index (χ0) is 16.1. The zero-order valence-corrected chi connectivity index (χ0v) is 14.9. The summed E-state index contributed by atoms with van der Waals surface area (Å²) in [5.41, 5.74) is -0.488. The molecule has 0 aromatic carbocycles. The van der Waals surface area contributed by atoms with Gasteiger partial charge in [0.2, 0.25) is 0 Å². The smallest absolute Gasteiger partial charge is 0.309 e. The first-order valence-electron chi connectivity index (χ1n) is 9.24. The first-order chi connectivity index (χ1) is 10.0. The lowest BCUT2D eigenvalue weighted by Gasteiger charge is -2.33. The number of carbonyl (C=O) groups is 1. The molecule has 0 aromatic heterocycles. The quantitative estimate of drug-likeness (QED) is 0.375. The van der Waals surface area contributed by atoms with Crippen LogP contribution in [0.1, 0.15) is 105 Å². The van der Waals surface area contributed by atoms with Gasteiger partial charge in [-0.3, -0.25) is 4.79 Å². The lowest BCUT2D eigenvalue weighted by Crippen LogP contribution is -2.36. The fraction of sp³-hybridized carbons (Fsp3) is 0.947. The monoisotopic (exact) mass is 298 g/mol. The van der Waals surface area contributed by atoms with E-state index in [1.54, 1.807) is 0 Å². The van der Waals surface area contributed by atoms with Gasteiger partial charge in [0.15, 0.2) is 0 Å². The van der Waals surface area contributed by atoms with E-state index >= 15 is 0 Å². The van der Waals surface area contributed by atoms with Crippen LogP contribution in [-0.2, 0) is 4.79 Å². The zero-order valence-electron chi connectivity index (χ0n) is 14.9. The van der Waals surface area contributed by atoms with Crippen molar-refractivity contribution in [1.82, 2.24) is 0 Å². The topological polar surface area (TPSA) is 37.3 Å². The van der Waals surface area contributed by atoms with Gasteiger partial charge in [-0.1, -0.05) is 91.9 Å². The van der Waals surface area contributed by atoms with E-state index in [-0.39, 0.29) is 5.92 Å². The largest absolute Gasteiger partial charge is 0.481 e. The first kappa shape index (κ1) is 20.5. The Bertz CT molecular complexity index is 260. The molecule has 0 saturated carbocycles. The number of carboxylic acid groups (broad SMARTS) is 1. The standard InChI is InChI=1S/C19H38O2/c1-5-7-9-11-12-14-16-19(17(3)4,18(20)21)15-13-10-8-6-2/h17H,5-16H2,1-4H3,(H,20,21). The van der Waals surface area contributed by atoms with Crippen LogP contribution in [0.15, 0.2) is 0 Å². The van der Waals surface area contributed by atoms with Gasteiger partial charge < -0.3 is 5.11 Å². The Balaban J connectivity index is 4.33. The molecule has 126 valence electrons. The van der Waals surface area contributed by atoms with Gasteiger partial charge >= 0.3 is 5.97 Å². The summed E-state index contributed by atoms with van der Waals surface area (Å²) in [6, 6.07) is 0. The molecule has 0 bridgehead atoms. The molecule has 1 N–H and O–H groups in total. The maximum Gasteiger partial charge on any atom is 0.309 e. The minimum atomic E-state index is -0.567. The van der Waals surface area contributed by atoms with Gasteiger partial charge in [0.25, 0.3) is 0 Å². The Morgan fingerprint density at radius 2 is 1.19 bits per heavy atom. The van der Waals surface area contributed by atoms with E-state index in [9.17, 15) is 9.90 Å². The van der Waals surface area contributed by atoms with Crippen LogP contribution in [-0.4, -0.2) is 11.1 Å². The highest BCUT2D eigenvalue weighted by Gasteiger charge is 2.40. The van der Waals surface area contributed by atoms with Crippen molar-refractivity contribution in [2.45, 2.75) is 105 Å². The minimum absolute atomic E-state index is 0.229. The molecule has 0 spiro atoms. The molecule has 0 aliphatic heterocycles. The van der Waals surface area contributed by atoms with E-state index in [1.807, 2.05) is 0 Å². The van der Waals surface area contributed by atoms with Gasteiger partial charge in [0.1, 0.15) is 0 Å². The van der Waals surface area contributed by atoms with Crippen LogP contribution in [0.4, 0.5) is 0 Å². The summed E-state index contributed by atoms with van der Waals surface area (Å²) < 4.78 is 0. The molecule has 2 nitrogen and oxygen atoms in total. The lowest BCUT2D eigenvalue weighted by molar-refractivity contribution is -0.153. The molecule has 0 rings (SSSR count). The summed E-state index contributed by atoms with van der Waals surface area (Å²) in [4.78, 5) is 11.9. The summed E-state index contributed by atoms with van der Waals surface area (Å²) >= 11 is 0. The van der Waals surface area contributed by atoms with Crippen molar-refractivity contribution in [2.24, 2.45) is 11.3 Å². The molecule has 1 unspecified atom stereocenters. The van der Waals surface area contributed by atoms with Crippen molar-refractivity contribution in [2.75, 3.05) is 0 Å². The summed E-state index contributed by atoms with van der Waals surface area (Å²) in [5, 5.41) is 9.79. The van der Waals surface area contributed by atoms with Crippen LogP contribution in [0, 0.1) is 11.3 Å². The van der Waals surface area contributed by atoms with Crippen LogP contribution < -0.4 is 0 Å². The third-order valence-corrected chi connectivity index (χ3v) is 4.98. The van der Waals surface area contributed by atoms with Crippen molar-refractivity contribution in [1.29, 1.82) is 0 Å². The molecule has 0 aliphatic carbocycles. The van der Waals surface area contributed by atoms with Crippen molar-refractivity contribution in [3.05, 3.63) is 0 Å². The maximum atomic E-state index is 11.9. The average molecular weight is 299 g/mol. The molecule has 0 aromatic rings. The Kier molecular flexibility index (Phi) is 11.8. The van der Waals surface area contributed by atoms with Crippen molar-refractivity contribution < 1.29 is 9.90 Å². The summed E-state index contributed by atoms with van der Waals surface area (Å²) in [7, 11) is 0. The minimum Gasteiger partial charge on any atom is -0.481 e. The fourth-order valence-electron chi connectivity index (χ4n) is 3.25. The molecule has 2 heteroatoms. The van der Waals surface area contributed by atoms with E-state index in [0.717, 1.165) is 25.7 Å². The number of aliphatic carboxylic acids is 1. The average Bonchev–Trinajstić information content (AvgIpc) is 2.44. The molecule has 21 heavy (non-hydrogen) atoms. The number of hydrogen-bond acceptors (Lipinski definition) is 1. The maximum absolute atomic E-state index is 11.9. The second-order valence-corrected chi connectivity index (χ2v) is 6.94. The van der Waals surface area contributed by atoms with E-state index in [1.165, 1.54) is 51.4 Å². The molecule has 0 heterocycles. The second-order valence-electron chi connectivity index (χ2n) is 6.94. The van der Waals surface area contributed by atoms with E-state index in [0.29, 0.717) is 0 Å². The third kappa shape index (κ3) is 7.87. The van der Waals surface area contributed by atoms with Gasteiger partial charge in [-0.15, -0.1) is 0 Å². The van der Waals surface area contributed by atoms with Gasteiger partial charge in [-0.05, 0) is 18.8 Å². The van der Waals surface area contributed by atoms with E-state index in [4.69, 9.17) is 0 Å². The molecule has 1 atom stereocenters. The molecule has 0 fully saturated rings. The highest BCUT2D eigenvalue weighted by Crippen LogP contribution is 2.39. The van der Waals surface area contributed by atoms with Crippen molar-refractivity contribution in [3.8, 4) is 0 Å². The summed E-state index contributed by atoms with van der Waals surface area (Å²) in [5.74, 6) is -0.338. The Labute approximate surface area is 132 Å². The van der Waals surface area contributed by atoms with E-state index in [2.05, 4.69) is 27.7 Å². The fourth-order valence-corrected chi connectivity index (χ4v) is 3.25. The van der Waals surface area contributed by atoms with Gasteiger partial charge in [0, 0.05) is 0 Å². The number of carboxylic acids is 1. The van der Waals surface area contributed by atoms with Crippen molar-refractivity contribution in [3.63, 3.8) is 0 Å². The molecular formula is C19H38O2. The SMILES string of the molecule is CCCCCCCCC(CCCCCC)(C(=O)O)C(C)C. The first-order valence-corrected chi connectivity index (χ1v) is 9.24.